The van der Waals surface area contributed by atoms with E-state index in [-0.39, 0.29) is 41.0 Å². The number of hydrogen-bond donors (Lipinski definition) is 0. The number of carbonyl (C=O) groups excluding carboxylic acids is 2. The molecule has 1 saturated heterocycles. The van der Waals surface area contributed by atoms with Crippen molar-refractivity contribution in [3.8, 4) is 0 Å². The number of carbonyl (C=O) groups is 2. The minimum Gasteiger partial charge on any atom is -0.362 e. The SMILES string of the molecule is CC(C)(C)CC1C(=O)C2C3C=CC(C)(O3)C2C1=O.CC(C)(C)c1c(F)c(F)cc(F)c1F.CC(C)(C)c1ccccc1.CC(C)(C)c1cccs1.CCc1ccc(C(C)(C)C)s1.Cc1c(F)c(F)c(C(C)(C)C)c(F)c1F.Cc1c(F)c(F)c(C(C)(C)C)c(F)c1F. The van der Waals surface area contributed by atoms with Crippen molar-refractivity contribution in [3.05, 3.63) is 196 Å². The molecule has 92 heavy (non-hydrogen) atoms. The summed E-state index contributed by atoms with van der Waals surface area (Å²) in [4.78, 5) is 29.5. The average Bonchev–Trinajstić information content (AvgIpc) is 1.54. The van der Waals surface area contributed by atoms with Crippen molar-refractivity contribution in [2.24, 2.45) is 23.2 Å². The lowest BCUT2D eigenvalue weighted by Crippen LogP contribution is -2.35. The Balaban J connectivity index is 0.000000283. The van der Waals surface area contributed by atoms with Crippen LogP contribution in [0.4, 0.5) is 52.7 Å². The molecule has 3 aliphatic rings. The third-order valence-electron chi connectivity index (χ3n) is 15.5. The standard InChI is InChI=1S/C15H20O3.2C11H12F4.C10H10F4.C10H16S.C10H14.C8H12S/c1-14(2,3)7-8-12(16)10-9-5-6-15(4,18-9)11(10)13(8)17;2*1-5-7(12)9(14)6(11(2,3)4)10(15)8(5)13;1-10(2,3)7-8(13)5(11)4-6(12)9(7)14;1-5-8-6-7-9(11-8)10(2,3)4;1-10(2,3)9-7-5-4-6-8-9;1-8(2,3)7-5-4-6-9-7/h5-6,8-11H,7H2,1-4H3;2*1-4H3;4H,1-3H3;6-7H,5H2,1-4H3;4-8H,1-3H3;4-6H,1-3H3. The van der Waals surface area contributed by atoms with Gasteiger partial charge in [0.1, 0.15) is 11.6 Å². The molecule has 1 saturated carbocycles. The molecule has 4 aromatic carbocycles. The molecular formula is C75H96F12O3S2. The first-order valence-electron chi connectivity index (χ1n) is 30.7. The molecule has 9 rings (SSSR count). The van der Waals surface area contributed by atoms with Crippen molar-refractivity contribution >= 4 is 34.2 Å². The minimum absolute atomic E-state index is 0.00284. The first-order chi connectivity index (χ1) is 41.6. The van der Waals surface area contributed by atoms with Gasteiger partial charge in [-0.3, -0.25) is 9.59 Å². The van der Waals surface area contributed by atoms with Crippen molar-refractivity contribution in [2.75, 3.05) is 0 Å². The van der Waals surface area contributed by atoms with Crippen LogP contribution in [0.5, 0.6) is 0 Å². The van der Waals surface area contributed by atoms with Crippen molar-refractivity contribution in [2.45, 2.75) is 230 Å². The number of Topliss-reactive ketones (excluding diaryl/α,β-unsaturated/α-hetero) is 2. The Kier molecular flexibility index (Phi) is 26.7. The van der Waals surface area contributed by atoms with E-state index >= 15 is 0 Å². The van der Waals surface area contributed by atoms with Crippen molar-refractivity contribution in [1.82, 2.24) is 0 Å². The number of benzene rings is 4. The van der Waals surface area contributed by atoms with Gasteiger partial charge in [0.15, 0.2) is 69.8 Å². The highest BCUT2D eigenvalue weighted by atomic mass is 32.1. The van der Waals surface area contributed by atoms with Gasteiger partial charge in [-0.2, -0.15) is 0 Å². The highest BCUT2D eigenvalue weighted by Gasteiger charge is 2.66. The minimum atomic E-state index is -1.37. The van der Waals surface area contributed by atoms with Crippen molar-refractivity contribution in [3.63, 3.8) is 0 Å². The van der Waals surface area contributed by atoms with E-state index in [4.69, 9.17) is 4.74 Å². The molecular weight excluding hydrogens is 1240 g/mol. The Labute approximate surface area is 547 Å². The molecule has 0 N–H and O–H groups in total. The van der Waals surface area contributed by atoms with Gasteiger partial charge in [0.05, 0.1) is 29.5 Å². The lowest BCUT2D eigenvalue weighted by molar-refractivity contribution is -0.133. The lowest BCUT2D eigenvalue weighted by atomic mass is 9.78. The average molecular weight is 1340 g/mol. The Bertz CT molecular complexity index is 3360. The first kappa shape index (κ1) is 80.7. The zero-order valence-corrected chi connectivity index (χ0v) is 59.9. The zero-order chi connectivity index (χ0) is 71.3. The number of rotatable bonds is 2. The van der Waals surface area contributed by atoms with Crippen LogP contribution in [0.15, 0.2) is 78.2 Å². The van der Waals surface area contributed by atoms with Gasteiger partial charge in [-0.15, -0.1) is 22.7 Å². The third kappa shape index (κ3) is 20.3. The number of thiophene rings is 2. The van der Waals surface area contributed by atoms with Gasteiger partial charge >= 0.3 is 0 Å². The van der Waals surface area contributed by atoms with Gasteiger partial charge < -0.3 is 4.74 Å². The van der Waals surface area contributed by atoms with Crippen molar-refractivity contribution in [1.29, 1.82) is 0 Å². The number of ketones is 2. The molecule has 5 atom stereocenters. The molecule has 510 valence electrons. The fraction of sp³-hybridized carbons (Fsp3) is 0.520. The molecule has 2 aromatic heterocycles. The summed E-state index contributed by atoms with van der Waals surface area (Å²) in [6, 6.07) is 19.5. The maximum absolute atomic E-state index is 13.4. The fourth-order valence-electron chi connectivity index (χ4n) is 10.4. The Hall–Kier alpha value is -5.52. The smallest absolute Gasteiger partial charge is 0.165 e. The molecule has 5 unspecified atom stereocenters. The van der Waals surface area contributed by atoms with Gasteiger partial charge in [-0.05, 0) is 101 Å². The number of hydrogen-bond acceptors (Lipinski definition) is 5. The van der Waals surface area contributed by atoms with E-state index in [2.05, 4.69) is 150 Å². The number of ether oxygens (including phenoxy) is 1. The maximum atomic E-state index is 13.4. The van der Waals surface area contributed by atoms with Crippen LogP contribution in [-0.2, 0) is 53.2 Å². The molecule has 4 heterocycles. The normalized spacial score (nSPS) is 18.6. The predicted molar refractivity (Wildman–Crippen MR) is 352 cm³/mol. The van der Waals surface area contributed by atoms with E-state index in [0.29, 0.717) is 22.7 Å². The second-order valence-corrected chi connectivity index (χ2v) is 33.2. The largest absolute Gasteiger partial charge is 0.362 e. The molecule has 2 bridgehead atoms. The van der Waals surface area contributed by atoms with E-state index in [0.717, 1.165) is 13.8 Å². The van der Waals surface area contributed by atoms with Gasteiger partial charge in [0, 0.05) is 48.5 Å². The molecule has 0 spiro atoms. The van der Waals surface area contributed by atoms with Crippen LogP contribution in [0.2, 0.25) is 0 Å². The molecule has 0 radical (unpaired) electrons. The molecule has 0 amide bonds. The highest BCUT2D eigenvalue weighted by Crippen LogP contribution is 2.54. The zero-order valence-electron chi connectivity index (χ0n) is 58.3. The van der Waals surface area contributed by atoms with Gasteiger partial charge in [0.2, 0.25) is 0 Å². The Morgan fingerprint density at radius 2 is 0.870 bits per heavy atom. The summed E-state index contributed by atoms with van der Waals surface area (Å²) in [7, 11) is 0. The van der Waals surface area contributed by atoms with Crippen LogP contribution >= 0.6 is 22.7 Å². The topological polar surface area (TPSA) is 43.4 Å². The summed E-state index contributed by atoms with van der Waals surface area (Å²) in [6.07, 6.45) is 5.57. The van der Waals surface area contributed by atoms with Crippen LogP contribution in [0, 0.1) is 107 Å². The molecule has 2 fully saturated rings. The third-order valence-corrected chi connectivity index (χ3v) is 18.4. The molecule has 2 aliphatic heterocycles. The van der Waals surface area contributed by atoms with E-state index in [1.54, 1.807) is 0 Å². The predicted octanol–water partition coefficient (Wildman–Crippen LogP) is 23.0. The molecule has 17 heteroatoms. The maximum Gasteiger partial charge on any atom is 0.165 e. The van der Waals surface area contributed by atoms with E-state index in [9.17, 15) is 62.3 Å². The first-order valence-corrected chi connectivity index (χ1v) is 32.4. The molecule has 6 aromatic rings. The quantitative estimate of drug-likeness (QED) is 0.0751. The van der Waals surface area contributed by atoms with Crippen molar-refractivity contribution < 1.29 is 67.0 Å². The van der Waals surface area contributed by atoms with E-state index < -0.39 is 125 Å². The number of halogens is 12. The summed E-state index contributed by atoms with van der Waals surface area (Å²) in [5.41, 5.74) is -4.03. The van der Waals surface area contributed by atoms with Gasteiger partial charge in [0.25, 0.3) is 0 Å². The van der Waals surface area contributed by atoms with Crippen LogP contribution in [0.3, 0.4) is 0 Å². The van der Waals surface area contributed by atoms with Gasteiger partial charge in [-0.25, -0.2) is 52.7 Å². The highest BCUT2D eigenvalue weighted by molar-refractivity contribution is 7.12. The second kappa shape index (κ2) is 30.5. The van der Waals surface area contributed by atoms with E-state index in [1.165, 1.54) is 88.9 Å². The summed E-state index contributed by atoms with van der Waals surface area (Å²) < 4.78 is 164. The number of aryl methyl sites for hydroxylation is 1. The summed E-state index contributed by atoms with van der Waals surface area (Å²) in [6.45, 7) is 45.9. The fourth-order valence-corrected chi connectivity index (χ4v) is 12.2. The second-order valence-electron chi connectivity index (χ2n) is 31.1. The van der Waals surface area contributed by atoms with E-state index in [1.807, 2.05) is 41.7 Å². The summed E-state index contributed by atoms with van der Waals surface area (Å²) in [5, 5.41) is 2.13. The van der Waals surface area contributed by atoms with Crippen LogP contribution in [0.25, 0.3) is 0 Å². The van der Waals surface area contributed by atoms with Gasteiger partial charge in [-0.1, -0.05) is 201 Å². The van der Waals surface area contributed by atoms with Crippen LogP contribution < -0.4 is 0 Å². The Morgan fingerprint density at radius 1 is 0.467 bits per heavy atom. The molecule has 3 nitrogen and oxygen atoms in total. The van der Waals surface area contributed by atoms with Crippen LogP contribution in [0.1, 0.15) is 214 Å². The monoisotopic (exact) mass is 1340 g/mol. The summed E-state index contributed by atoms with van der Waals surface area (Å²) in [5.74, 6) is -16.5. The Morgan fingerprint density at radius 3 is 1.15 bits per heavy atom. The number of fused-ring (bicyclic) bond motifs is 5. The summed E-state index contributed by atoms with van der Waals surface area (Å²) >= 11 is 3.77. The molecule has 1 aliphatic carbocycles. The van der Waals surface area contributed by atoms with Crippen LogP contribution in [-0.4, -0.2) is 23.3 Å². The lowest BCUT2D eigenvalue weighted by Gasteiger charge is -2.25.